The minimum atomic E-state index is -0.895. The lowest BCUT2D eigenvalue weighted by molar-refractivity contribution is -0.120. The second-order valence-electron chi connectivity index (χ2n) is 4.58. The molecule has 5 nitrogen and oxygen atoms in total. The summed E-state index contributed by atoms with van der Waals surface area (Å²) in [6.07, 6.45) is -0.895. The normalized spacial score (nSPS) is 17.0. The molecule has 5 heteroatoms. The van der Waals surface area contributed by atoms with Crippen molar-refractivity contribution in [1.29, 1.82) is 0 Å². The van der Waals surface area contributed by atoms with Crippen LogP contribution in [0.15, 0.2) is 65.7 Å². The monoisotopic (exact) mass is 279 g/mol. The van der Waals surface area contributed by atoms with E-state index < -0.39 is 6.17 Å². The van der Waals surface area contributed by atoms with Gasteiger partial charge in [-0.3, -0.25) is 9.59 Å². The lowest BCUT2D eigenvalue weighted by atomic mass is 10.2. The van der Waals surface area contributed by atoms with E-state index in [1.54, 1.807) is 24.3 Å². The van der Waals surface area contributed by atoms with Crippen LogP contribution in [0.3, 0.4) is 0 Å². The molecule has 0 fully saturated rings. The first-order valence-electron chi connectivity index (χ1n) is 6.54. The lowest BCUT2D eigenvalue weighted by Crippen LogP contribution is -2.41. The van der Waals surface area contributed by atoms with E-state index in [1.165, 1.54) is 0 Å². The van der Waals surface area contributed by atoms with Gasteiger partial charge in [0.05, 0.1) is 0 Å². The summed E-state index contributed by atoms with van der Waals surface area (Å²) in [5.74, 6) is -0.189. The molecule has 2 N–H and O–H groups in total. The molecule has 1 atom stereocenters. The van der Waals surface area contributed by atoms with Crippen LogP contribution in [-0.2, 0) is 4.79 Å². The van der Waals surface area contributed by atoms with Crippen molar-refractivity contribution in [3.63, 3.8) is 0 Å². The first-order chi connectivity index (χ1) is 10.2. The van der Waals surface area contributed by atoms with Gasteiger partial charge in [-0.15, -0.1) is 0 Å². The Kier molecular flexibility index (Phi) is 3.47. The number of carbonyl (C=O) groups excluding carboxylic acids is 2. The van der Waals surface area contributed by atoms with Crippen LogP contribution in [0, 0.1) is 0 Å². The molecule has 2 amide bonds. The Morgan fingerprint density at radius 1 is 1.00 bits per heavy atom. The molecular weight excluding hydrogens is 266 g/mol. The van der Waals surface area contributed by atoms with E-state index >= 15 is 0 Å². The molecule has 0 spiro atoms. The molecule has 104 valence electrons. The number of amidine groups is 1. The summed E-state index contributed by atoms with van der Waals surface area (Å²) in [5.41, 5.74) is 1.30. The number of carbonyl (C=O) groups is 2. The van der Waals surface area contributed by atoms with Gasteiger partial charge in [-0.1, -0.05) is 48.5 Å². The van der Waals surface area contributed by atoms with E-state index in [0.717, 1.165) is 5.56 Å². The molecule has 3 rings (SSSR count). The standard InChI is InChI=1S/C16H13N3O2/c20-15(12-9-5-2-6-10-12)19-14-16(21)18-13(17-14)11-7-3-1-4-8-11/h1-10,14H,(H,19,20)(H,17,18,21). The lowest BCUT2D eigenvalue weighted by Gasteiger charge is -2.07. The maximum Gasteiger partial charge on any atom is 0.270 e. The third-order valence-corrected chi connectivity index (χ3v) is 3.10. The average Bonchev–Trinajstić information content (AvgIpc) is 2.90. The van der Waals surface area contributed by atoms with Crippen molar-refractivity contribution < 1.29 is 9.59 Å². The van der Waals surface area contributed by atoms with Crippen LogP contribution in [-0.4, -0.2) is 23.8 Å². The summed E-state index contributed by atoms with van der Waals surface area (Å²) in [4.78, 5) is 28.1. The van der Waals surface area contributed by atoms with Gasteiger partial charge in [0.1, 0.15) is 5.84 Å². The van der Waals surface area contributed by atoms with Crippen LogP contribution in [0.2, 0.25) is 0 Å². The van der Waals surface area contributed by atoms with Crippen molar-refractivity contribution in [2.75, 3.05) is 0 Å². The maximum absolute atomic E-state index is 12.0. The predicted octanol–water partition coefficient (Wildman–Crippen LogP) is 1.32. The molecule has 1 heterocycles. The quantitative estimate of drug-likeness (QED) is 0.889. The van der Waals surface area contributed by atoms with Crippen LogP contribution >= 0.6 is 0 Å². The number of amides is 2. The minimum absolute atomic E-state index is 0.325. The highest BCUT2D eigenvalue weighted by Gasteiger charge is 2.28. The van der Waals surface area contributed by atoms with Gasteiger partial charge in [0, 0.05) is 11.1 Å². The molecule has 0 saturated carbocycles. The molecule has 1 unspecified atom stereocenters. The number of aliphatic imine (C=N–C) groups is 1. The Morgan fingerprint density at radius 3 is 2.29 bits per heavy atom. The average molecular weight is 279 g/mol. The third kappa shape index (κ3) is 2.81. The largest absolute Gasteiger partial charge is 0.322 e. The summed E-state index contributed by atoms with van der Waals surface area (Å²) in [6, 6.07) is 18.0. The molecule has 0 aliphatic carbocycles. The number of hydrogen-bond acceptors (Lipinski definition) is 3. The predicted molar refractivity (Wildman–Crippen MR) is 78.8 cm³/mol. The van der Waals surface area contributed by atoms with E-state index in [-0.39, 0.29) is 11.8 Å². The van der Waals surface area contributed by atoms with Crippen molar-refractivity contribution in [3.05, 3.63) is 71.8 Å². The van der Waals surface area contributed by atoms with Crippen molar-refractivity contribution in [1.82, 2.24) is 10.6 Å². The number of hydrogen-bond donors (Lipinski definition) is 2. The van der Waals surface area contributed by atoms with Gasteiger partial charge >= 0.3 is 0 Å². The zero-order valence-corrected chi connectivity index (χ0v) is 11.1. The Bertz CT molecular complexity index is 696. The van der Waals surface area contributed by atoms with Crippen LogP contribution < -0.4 is 10.6 Å². The molecular formula is C16H13N3O2. The first kappa shape index (κ1) is 13.1. The summed E-state index contributed by atoms with van der Waals surface area (Å²) in [5, 5.41) is 5.28. The van der Waals surface area contributed by atoms with Crippen molar-refractivity contribution in [2.24, 2.45) is 4.99 Å². The van der Waals surface area contributed by atoms with Crippen molar-refractivity contribution in [2.45, 2.75) is 6.17 Å². The highest BCUT2D eigenvalue weighted by Crippen LogP contribution is 2.07. The van der Waals surface area contributed by atoms with Crippen molar-refractivity contribution >= 4 is 17.6 Å². The molecule has 0 aromatic heterocycles. The van der Waals surface area contributed by atoms with Crippen molar-refractivity contribution in [3.8, 4) is 0 Å². The molecule has 2 aromatic rings. The number of nitrogens with zero attached hydrogens (tertiary/aromatic N) is 1. The second-order valence-corrected chi connectivity index (χ2v) is 4.58. The van der Waals surface area contributed by atoms with E-state index in [9.17, 15) is 9.59 Å². The molecule has 0 saturated heterocycles. The molecule has 1 aliphatic rings. The zero-order valence-electron chi connectivity index (χ0n) is 11.1. The summed E-state index contributed by atoms with van der Waals surface area (Å²) >= 11 is 0. The Morgan fingerprint density at radius 2 is 1.62 bits per heavy atom. The number of rotatable bonds is 3. The third-order valence-electron chi connectivity index (χ3n) is 3.10. The summed E-state index contributed by atoms with van der Waals surface area (Å²) in [7, 11) is 0. The van der Waals surface area contributed by atoms with Gasteiger partial charge in [-0.25, -0.2) is 4.99 Å². The van der Waals surface area contributed by atoms with Gasteiger partial charge in [0.2, 0.25) is 6.17 Å². The Balaban J connectivity index is 1.76. The van der Waals surface area contributed by atoms with E-state index in [0.29, 0.717) is 11.4 Å². The topological polar surface area (TPSA) is 70.6 Å². The molecule has 0 bridgehead atoms. The van der Waals surface area contributed by atoms with Gasteiger partial charge in [0.25, 0.3) is 11.8 Å². The summed E-state index contributed by atoms with van der Waals surface area (Å²) in [6.45, 7) is 0. The Labute approximate surface area is 121 Å². The van der Waals surface area contributed by atoms with Crippen LogP contribution in [0.4, 0.5) is 0 Å². The zero-order chi connectivity index (χ0) is 14.7. The second kappa shape index (κ2) is 5.58. The van der Waals surface area contributed by atoms with Gasteiger partial charge in [-0.05, 0) is 12.1 Å². The van der Waals surface area contributed by atoms with E-state index in [4.69, 9.17) is 0 Å². The molecule has 1 aliphatic heterocycles. The fourth-order valence-electron chi connectivity index (χ4n) is 2.04. The van der Waals surface area contributed by atoms with Gasteiger partial charge in [0.15, 0.2) is 0 Å². The molecule has 0 radical (unpaired) electrons. The fourth-order valence-corrected chi connectivity index (χ4v) is 2.04. The highest BCUT2D eigenvalue weighted by atomic mass is 16.2. The SMILES string of the molecule is O=C(NC1N=C(c2ccccc2)NC1=O)c1ccccc1. The fraction of sp³-hybridized carbons (Fsp3) is 0.0625. The van der Waals surface area contributed by atoms with Crippen LogP contribution in [0.1, 0.15) is 15.9 Å². The van der Waals surface area contributed by atoms with Gasteiger partial charge < -0.3 is 10.6 Å². The van der Waals surface area contributed by atoms with E-state index in [2.05, 4.69) is 15.6 Å². The highest BCUT2D eigenvalue weighted by molar-refractivity contribution is 6.14. The minimum Gasteiger partial charge on any atom is -0.322 e. The van der Waals surface area contributed by atoms with Crippen LogP contribution in [0.5, 0.6) is 0 Å². The Hall–Kier alpha value is -2.95. The number of nitrogens with one attached hydrogen (secondary N) is 2. The number of benzene rings is 2. The molecule has 2 aromatic carbocycles. The summed E-state index contributed by atoms with van der Waals surface area (Å²) < 4.78 is 0. The maximum atomic E-state index is 12.0. The van der Waals surface area contributed by atoms with E-state index in [1.807, 2.05) is 36.4 Å². The van der Waals surface area contributed by atoms with Gasteiger partial charge in [-0.2, -0.15) is 0 Å². The smallest absolute Gasteiger partial charge is 0.270 e. The van der Waals surface area contributed by atoms with Crippen LogP contribution in [0.25, 0.3) is 0 Å². The molecule has 21 heavy (non-hydrogen) atoms. The first-order valence-corrected chi connectivity index (χ1v) is 6.54.